The van der Waals surface area contributed by atoms with Crippen LogP contribution in [-0.4, -0.2) is 37.7 Å². The van der Waals surface area contributed by atoms with E-state index in [-0.39, 0.29) is 12.5 Å². The van der Waals surface area contributed by atoms with Crippen molar-refractivity contribution in [2.75, 3.05) is 19.0 Å². The first-order chi connectivity index (χ1) is 17.0. The predicted octanol–water partition coefficient (Wildman–Crippen LogP) is 4.11. The highest BCUT2D eigenvalue weighted by molar-refractivity contribution is 5.95. The van der Waals surface area contributed by atoms with Crippen LogP contribution >= 0.6 is 0 Å². The molecule has 0 saturated heterocycles. The van der Waals surface area contributed by atoms with Gasteiger partial charge in [-0.05, 0) is 53.8 Å². The minimum Gasteiger partial charge on any atom is -0.465 e. The fourth-order valence-corrected chi connectivity index (χ4v) is 3.34. The van der Waals surface area contributed by atoms with E-state index < -0.39 is 18.1 Å². The number of benzene rings is 3. The van der Waals surface area contributed by atoms with E-state index in [1.54, 1.807) is 30.3 Å². The van der Waals surface area contributed by atoms with Crippen molar-refractivity contribution in [1.29, 1.82) is 0 Å². The predicted molar refractivity (Wildman–Crippen MR) is 134 cm³/mol. The van der Waals surface area contributed by atoms with Crippen molar-refractivity contribution in [3.63, 3.8) is 0 Å². The number of esters is 1. The van der Waals surface area contributed by atoms with E-state index in [0.29, 0.717) is 30.6 Å². The summed E-state index contributed by atoms with van der Waals surface area (Å²) < 4.78 is 9.91. The molecule has 182 valence electrons. The van der Waals surface area contributed by atoms with Gasteiger partial charge in [-0.3, -0.25) is 4.79 Å². The average Bonchev–Trinajstić information content (AvgIpc) is 2.90. The average molecular weight is 476 g/mol. The van der Waals surface area contributed by atoms with Crippen molar-refractivity contribution in [2.45, 2.75) is 25.5 Å². The smallest absolute Gasteiger partial charge is 0.407 e. The number of carbonyl (C=O) groups is 3. The number of amides is 2. The van der Waals surface area contributed by atoms with Crippen LogP contribution in [0.2, 0.25) is 0 Å². The summed E-state index contributed by atoms with van der Waals surface area (Å²) in [5, 5.41) is 5.45. The van der Waals surface area contributed by atoms with E-state index >= 15 is 0 Å². The van der Waals surface area contributed by atoms with Crippen molar-refractivity contribution < 1.29 is 23.9 Å². The lowest BCUT2D eigenvalue weighted by molar-refractivity contribution is -0.117. The molecule has 8 nitrogen and oxygen atoms in total. The van der Waals surface area contributed by atoms with Gasteiger partial charge in [-0.15, -0.1) is 0 Å². The molecule has 0 aliphatic carbocycles. The Balaban J connectivity index is 1.40. The maximum absolute atomic E-state index is 12.4. The van der Waals surface area contributed by atoms with Crippen molar-refractivity contribution in [1.82, 2.24) is 5.32 Å². The van der Waals surface area contributed by atoms with Crippen molar-refractivity contribution in [3.8, 4) is 11.1 Å². The molecule has 0 fully saturated rings. The summed E-state index contributed by atoms with van der Waals surface area (Å²) >= 11 is 0. The number of hydrogen-bond donors (Lipinski definition) is 3. The summed E-state index contributed by atoms with van der Waals surface area (Å²) in [5.41, 5.74) is 9.73. The van der Waals surface area contributed by atoms with Gasteiger partial charge in [0.15, 0.2) is 0 Å². The normalized spacial score (nSPS) is 11.3. The highest BCUT2D eigenvalue weighted by Crippen LogP contribution is 2.23. The van der Waals surface area contributed by atoms with Gasteiger partial charge in [0.2, 0.25) is 5.91 Å². The molecule has 0 radical (unpaired) electrons. The van der Waals surface area contributed by atoms with Gasteiger partial charge < -0.3 is 25.8 Å². The third kappa shape index (κ3) is 7.97. The Kier molecular flexibility index (Phi) is 9.39. The lowest BCUT2D eigenvalue weighted by atomic mass is 10.0. The van der Waals surface area contributed by atoms with Gasteiger partial charge in [0, 0.05) is 12.2 Å². The molecule has 0 aliphatic rings. The fraction of sp³-hybridized carbons (Fsp3) is 0.222. The number of nitrogens with two attached hydrogens (primary N) is 1. The molecule has 3 aromatic rings. The van der Waals surface area contributed by atoms with Crippen LogP contribution in [0.15, 0.2) is 78.9 Å². The Morgan fingerprint density at radius 2 is 1.66 bits per heavy atom. The Morgan fingerprint density at radius 1 is 0.914 bits per heavy atom. The first-order valence-electron chi connectivity index (χ1n) is 11.3. The molecular weight excluding hydrogens is 446 g/mol. The van der Waals surface area contributed by atoms with Crippen LogP contribution in [0, 0.1) is 0 Å². The molecule has 35 heavy (non-hydrogen) atoms. The van der Waals surface area contributed by atoms with Crippen LogP contribution in [0.4, 0.5) is 10.5 Å². The largest absolute Gasteiger partial charge is 0.465 e. The van der Waals surface area contributed by atoms with Crippen LogP contribution in [0.5, 0.6) is 0 Å². The van der Waals surface area contributed by atoms with E-state index in [1.165, 1.54) is 7.11 Å². The molecule has 0 saturated carbocycles. The van der Waals surface area contributed by atoms with Gasteiger partial charge in [0.25, 0.3) is 0 Å². The summed E-state index contributed by atoms with van der Waals surface area (Å²) in [7, 11) is 1.34. The lowest BCUT2D eigenvalue weighted by Gasteiger charge is -2.13. The van der Waals surface area contributed by atoms with Gasteiger partial charge in [-0.25, -0.2) is 9.59 Å². The number of anilines is 1. The second-order valence-electron chi connectivity index (χ2n) is 7.88. The van der Waals surface area contributed by atoms with Crippen molar-refractivity contribution in [3.05, 3.63) is 90.0 Å². The molecular formula is C27H29N3O5. The second kappa shape index (κ2) is 12.9. The summed E-state index contributed by atoms with van der Waals surface area (Å²) in [6, 6.07) is 23.0. The molecule has 0 heterocycles. The zero-order chi connectivity index (χ0) is 25.0. The van der Waals surface area contributed by atoms with Crippen molar-refractivity contribution in [2.24, 2.45) is 5.73 Å². The number of alkyl carbamates (subject to hydrolysis) is 1. The van der Waals surface area contributed by atoms with Gasteiger partial charge in [-0.1, -0.05) is 54.6 Å². The minimum absolute atomic E-state index is 0.199. The first-order valence-corrected chi connectivity index (χ1v) is 11.3. The number of rotatable bonds is 10. The van der Waals surface area contributed by atoms with Gasteiger partial charge in [0.05, 0.1) is 18.7 Å². The maximum atomic E-state index is 12.4. The van der Waals surface area contributed by atoms with Crippen LogP contribution in [0.25, 0.3) is 11.1 Å². The third-order valence-corrected chi connectivity index (χ3v) is 5.28. The number of hydrogen-bond acceptors (Lipinski definition) is 6. The monoisotopic (exact) mass is 475 g/mol. The van der Waals surface area contributed by atoms with E-state index in [1.807, 2.05) is 48.5 Å². The number of methoxy groups -OCH3 is 1. The minimum atomic E-state index is -0.714. The molecule has 4 N–H and O–H groups in total. The highest BCUT2D eigenvalue weighted by Gasteiger charge is 2.14. The van der Waals surface area contributed by atoms with Gasteiger partial charge in [-0.2, -0.15) is 0 Å². The van der Waals surface area contributed by atoms with Crippen molar-refractivity contribution >= 4 is 23.7 Å². The van der Waals surface area contributed by atoms with Crippen LogP contribution in [0.3, 0.4) is 0 Å². The molecule has 1 atom stereocenters. The molecule has 2 amide bonds. The second-order valence-corrected chi connectivity index (χ2v) is 7.88. The Hall–Kier alpha value is -4.17. The van der Waals surface area contributed by atoms with E-state index in [0.717, 1.165) is 16.7 Å². The molecule has 0 bridgehead atoms. The lowest BCUT2D eigenvalue weighted by Crippen LogP contribution is -2.36. The van der Waals surface area contributed by atoms with Gasteiger partial charge >= 0.3 is 12.1 Å². The summed E-state index contributed by atoms with van der Waals surface area (Å²) in [6.45, 7) is 0.554. The molecule has 3 rings (SSSR count). The Morgan fingerprint density at radius 3 is 2.37 bits per heavy atom. The third-order valence-electron chi connectivity index (χ3n) is 5.28. The Labute approximate surface area is 204 Å². The number of ether oxygens (including phenoxy) is 2. The zero-order valence-corrected chi connectivity index (χ0v) is 19.5. The Bertz CT molecular complexity index is 1130. The molecule has 3 aromatic carbocycles. The molecule has 0 unspecified atom stereocenters. The highest BCUT2D eigenvalue weighted by atomic mass is 16.5. The summed E-state index contributed by atoms with van der Waals surface area (Å²) in [4.78, 5) is 35.9. The number of carbonyl (C=O) groups excluding carboxylic acids is 3. The first kappa shape index (κ1) is 25.5. The summed E-state index contributed by atoms with van der Waals surface area (Å²) in [6.07, 6.45) is 0.428. The molecule has 0 aromatic heterocycles. The fourth-order valence-electron chi connectivity index (χ4n) is 3.34. The van der Waals surface area contributed by atoms with E-state index in [4.69, 9.17) is 15.2 Å². The molecule has 8 heteroatoms. The SMILES string of the molecule is COC(=O)c1cccc(-c2ccc(NC(=O)[C@@H](N)CCCNC(=O)OCc3ccccc3)cc2)c1. The van der Waals surface area contributed by atoms with Crippen LogP contribution in [-0.2, 0) is 20.9 Å². The van der Waals surface area contributed by atoms with Crippen LogP contribution < -0.4 is 16.4 Å². The quantitative estimate of drug-likeness (QED) is 0.300. The number of nitrogens with one attached hydrogen (secondary N) is 2. The van der Waals surface area contributed by atoms with E-state index in [2.05, 4.69) is 10.6 Å². The van der Waals surface area contributed by atoms with E-state index in [9.17, 15) is 14.4 Å². The molecule has 0 spiro atoms. The van der Waals surface area contributed by atoms with Crippen LogP contribution in [0.1, 0.15) is 28.8 Å². The maximum Gasteiger partial charge on any atom is 0.407 e. The standard InChI is InChI=1S/C27H29N3O5/c1-34-26(32)22-10-5-9-21(17-22)20-12-14-23(15-13-20)30-25(31)24(28)11-6-16-29-27(33)35-18-19-7-3-2-4-8-19/h2-5,7-10,12-15,17,24H,6,11,16,18,28H2,1H3,(H,29,33)(H,30,31)/t24-/m0/s1. The molecule has 0 aliphatic heterocycles. The zero-order valence-electron chi connectivity index (χ0n) is 19.5. The van der Waals surface area contributed by atoms with Gasteiger partial charge in [0.1, 0.15) is 6.61 Å². The summed E-state index contributed by atoms with van der Waals surface area (Å²) in [5.74, 6) is -0.707. The topological polar surface area (TPSA) is 120 Å².